The molecule has 1 aromatic carbocycles. The summed E-state index contributed by atoms with van der Waals surface area (Å²) < 4.78 is 43.4. The number of hydrogen-bond donors (Lipinski definition) is 0. The first-order chi connectivity index (χ1) is 14.5. The molecule has 5 rings (SSSR count). The second-order valence-corrected chi connectivity index (χ2v) is 7.45. The van der Waals surface area contributed by atoms with E-state index in [9.17, 15) is 14.0 Å². The van der Waals surface area contributed by atoms with Crippen molar-refractivity contribution in [1.29, 1.82) is 0 Å². The number of esters is 2. The molecular formula is C19H14FN3O6S. The van der Waals surface area contributed by atoms with Crippen molar-refractivity contribution in [2.24, 2.45) is 5.92 Å². The topological polar surface area (TPSA) is 100 Å². The maximum atomic E-state index is 13.2. The Bertz CT molecular complexity index is 1080. The lowest BCUT2D eigenvalue weighted by molar-refractivity contribution is -0.308. The van der Waals surface area contributed by atoms with Crippen molar-refractivity contribution in [3.05, 3.63) is 35.6 Å². The highest BCUT2D eigenvalue weighted by Crippen LogP contribution is 2.47. The van der Waals surface area contributed by atoms with E-state index in [-0.39, 0.29) is 30.1 Å². The van der Waals surface area contributed by atoms with Crippen molar-refractivity contribution < 1.29 is 32.9 Å². The molecule has 3 aliphatic heterocycles. The predicted octanol–water partition coefficient (Wildman–Crippen LogP) is 0.944. The van der Waals surface area contributed by atoms with Gasteiger partial charge in [0.15, 0.2) is 12.7 Å². The average molecular weight is 431 g/mol. The number of rotatable bonds is 4. The number of aromatic nitrogens is 2. The third-order valence-corrected chi connectivity index (χ3v) is 5.60. The van der Waals surface area contributed by atoms with Crippen LogP contribution in [0, 0.1) is 23.6 Å². The Hall–Kier alpha value is -3.23. The number of piperidine rings is 1. The van der Waals surface area contributed by atoms with Crippen molar-refractivity contribution in [2.45, 2.75) is 18.4 Å². The van der Waals surface area contributed by atoms with Crippen LogP contribution in [-0.4, -0.2) is 57.3 Å². The Morgan fingerprint density at radius 1 is 1.30 bits per heavy atom. The maximum absolute atomic E-state index is 13.2. The molecule has 4 atom stereocenters. The third kappa shape index (κ3) is 3.14. The van der Waals surface area contributed by atoms with Crippen LogP contribution in [0.4, 0.5) is 4.39 Å². The summed E-state index contributed by atoms with van der Waals surface area (Å²) in [7, 11) is 0. The molecule has 11 heteroatoms. The first-order valence-electron chi connectivity index (χ1n) is 9.13. The number of fused-ring (bicyclic) bond motifs is 5. The highest BCUT2D eigenvalue weighted by molar-refractivity contribution is 6.99. The average Bonchev–Trinajstić information content (AvgIpc) is 3.43. The number of ether oxygens (including phenoxy) is 4. The smallest absolute Gasteiger partial charge is 0.421 e. The molecule has 0 saturated carbocycles. The molecule has 0 N–H and O–H groups in total. The van der Waals surface area contributed by atoms with E-state index in [1.54, 1.807) is 17.0 Å². The summed E-state index contributed by atoms with van der Waals surface area (Å²) in [4.78, 5) is 25.4. The Morgan fingerprint density at radius 2 is 2.17 bits per heavy atom. The van der Waals surface area contributed by atoms with Crippen LogP contribution < -0.4 is 9.47 Å². The molecule has 4 heterocycles. The van der Waals surface area contributed by atoms with E-state index in [4.69, 9.17) is 18.9 Å². The van der Waals surface area contributed by atoms with Crippen LogP contribution in [0.1, 0.15) is 12.0 Å². The van der Waals surface area contributed by atoms with Gasteiger partial charge >= 0.3 is 17.8 Å². The van der Waals surface area contributed by atoms with Gasteiger partial charge in [0.1, 0.15) is 5.82 Å². The Balaban J connectivity index is 1.31. The zero-order chi connectivity index (χ0) is 20.7. The normalized spacial score (nSPS) is 28.8. The molecule has 9 nitrogen and oxygen atoms in total. The zero-order valence-electron chi connectivity index (χ0n) is 15.4. The molecule has 0 radical (unpaired) electrons. The molecular weight excluding hydrogens is 417 g/mol. The summed E-state index contributed by atoms with van der Waals surface area (Å²) in [6.07, 6.45) is 0.0494. The molecule has 3 fully saturated rings. The van der Waals surface area contributed by atoms with Crippen molar-refractivity contribution >= 4 is 23.7 Å². The van der Waals surface area contributed by atoms with Gasteiger partial charge in [-0.05, 0) is 24.6 Å². The predicted molar refractivity (Wildman–Crippen MR) is 97.7 cm³/mol. The quantitative estimate of drug-likeness (QED) is 0.398. The van der Waals surface area contributed by atoms with E-state index >= 15 is 0 Å². The SMILES string of the molecule is O=C1OC2C3CCN(C3)C2(Oc2nsnc2OCC#Cc2cccc(F)c2)OC1=O. The monoisotopic (exact) mass is 431 g/mol. The number of benzene rings is 1. The summed E-state index contributed by atoms with van der Waals surface area (Å²) in [5, 5.41) is 0. The maximum Gasteiger partial charge on any atom is 0.421 e. The first kappa shape index (κ1) is 18.8. The minimum atomic E-state index is -1.57. The second kappa shape index (κ2) is 7.23. The molecule has 0 aliphatic carbocycles. The zero-order valence-corrected chi connectivity index (χ0v) is 16.2. The summed E-state index contributed by atoms with van der Waals surface area (Å²) in [5.41, 5.74) is 0.513. The van der Waals surface area contributed by atoms with Crippen molar-refractivity contribution in [3.63, 3.8) is 0 Å². The minimum absolute atomic E-state index is 0.00449. The lowest BCUT2D eigenvalue weighted by Gasteiger charge is -2.43. The van der Waals surface area contributed by atoms with Crippen molar-refractivity contribution in [2.75, 3.05) is 19.7 Å². The summed E-state index contributed by atoms with van der Waals surface area (Å²) in [6.45, 7) is 1.15. The molecule has 2 aromatic rings. The lowest BCUT2D eigenvalue weighted by atomic mass is 9.99. The number of carbonyl (C=O) groups excluding carboxylic acids is 2. The van der Waals surface area contributed by atoms with Crippen LogP contribution >= 0.6 is 11.7 Å². The van der Waals surface area contributed by atoms with Crippen LogP contribution in [-0.2, 0) is 19.1 Å². The van der Waals surface area contributed by atoms with E-state index in [0.29, 0.717) is 18.7 Å². The van der Waals surface area contributed by atoms with Crippen LogP contribution in [0.2, 0.25) is 0 Å². The van der Waals surface area contributed by atoms with Gasteiger partial charge in [0.2, 0.25) is 0 Å². The van der Waals surface area contributed by atoms with Crippen molar-refractivity contribution in [3.8, 4) is 23.6 Å². The highest BCUT2D eigenvalue weighted by atomic mass is 32.1. The lowest BCUT2D eigenvalue weighted by Crippen LogP contribution is -2.65. The molecule has 30 heavy (non-hydrogen) atoms. The second-order valence-electron chi connectivity index (χ2n) is 6.92. The molecule has 1 aromatic heterocycles. The molecule has 3 saturated heterocycles. The molecule has 0 spiro atoms. The van der Waals surface area contributed by atoms with Gasteiger partial charge in [0.05, 0.1) is 11.7 Å². The molecule has 154 valence electrons. The van der Waals surface area contributed by atoms with E-state index < -0.39 is 24.0 Å². The Morgan fingerprint density at radius 3 is 3.03 bits per heavy atom. The van der Waals surface area contributed by atoms with Crippen molar-refractivity contribution in [1.82, 2.24) is 13.6 Å². The highest BCUT2D eigenvalue weighted by Gasteiger charge is 2.68. The van der Waals surface area contributed by atoms with E-state index in [1.165, 1.54) is 12.1 Å². The molecule has 2 bridgehead atoms. The number of hydrogen-bond acceptors (Lipinski definition) is 10. The van der Waals surface area contributed by atoms with Gasteiger partial charge in [-0.3, -0.25) is 0 Å². The van der Waals surface area contributed by atoms with Gasteiger partial charge in [0, 0.05) is 24.6 Å². The summed E-state index contributed by atoms with van der Waals surface area (Å²) >= 11 is 0.849. The van der Waals surface area contributed by atoms with Crippen LogP contribution in [0.3, 0.4) is 0 Å². The van der Waals surface area contributed by atoms with Gasteiger partial charge in [0.25, 0.3) is 11.8 Å². The van der Waals surface area contributed by atoms with E-state index in [2.05, 4.69) is 20.6 Å². The van der Waals surface area contributed by atoms with Gasteiger partial charge in [-0.2, -0.15) is 0 Å². The number of nitrogens with zero attached hydrogens (tertiary/aromatic N) is 3. The summed E-state index contributed by atoms with van der Waals surface area (Å²) in [5.74, 6) is 1.51. The number of carbonyl (C=O) groups is 2. The van der Waals surface area contributed by atoms with E-state index in [0.717, 1.165) is 18.1 Å². The van der Waals surface area contributed by atoms with Crippen LogP contribution in [0.25, 0.3) is 0 Å². The Labute approximate surface area is 174 Å². The molecule has 0 amide bonds. The van der Waals surface area contributed by atoms with Gasteiger partial charge in [-0.15, -0.1) is 8.75 Å². The fourth-order valence-corrected chi connectivity index (χ4v) is 4.28. The van der Waals surface area contributed by atoms with Crippen LogP contribution in [0.15, 0.2) is 24.3 Å². The fourth-order valence-electron chi connectivity index (χ4n) is 3.84. The molecule has 3 aliphatic rings. The summed E-state index contributed by atoms with van der Waals surface area (Å²) in [6, 6.07) is 5.89. The Kier molecular flexibility index (Phi) is 4.52. The van der Waals surface area contributed by atoms with Gasteiger partial charge in [-0.25, -0.2) is 18.9 Å². The third-order valence-electron chi connectivity index (χ3n) is 5.10. The minimum Gasteiger partial charge on any atom is -0.460 e. The molecule has 4 unspecified atom stereocenters. The van der Waals surface area contributed by atoms with Crippen LogP contribution in [0.5, 0.6) is 11.8 Å². The van der Waals surface area contributed by atoms with Gasteiger partial charge in [-0.1, -0.05) is 17.9 Å². The first-order valence-corrected chi connectivity index (χ1v) is 9.86. The van der Waals surface area contributed by atoms with E-state index in [1.807, 2.05) is 0 Å². The largest absolute Gasteiger partial charge is 0.460 e. The standard InChI is InChI=1S/C19H14FN3O6S/c20-13-5-1-3-11(9-13)4-2-8-26-15-16(22-30-21-15)28-19-14(12-6-7-23(19)10-12)27-17(24)18(25)29-19/h1,3,5,9,12,14H,6-8,10H2. The fraction of sp³-hybridized carbons (Fsp3) is 0.368. The van der Waals surface area contributed by atoms with Gasteiger partial charge < -0.3 is 18.9 Å². The number of halogens is 1.